The van der Waals surface area contributed by atoms with Crippen LogP contribution >= 0.6 is 0 Å². The molecule has 3 heteroatoms. The summed E-state index contributed by atoms with van der Waals surface area (Å²) in [6, 6.07) is 0. The summed E-state index contributed by atoms with van der Waals surface area (Å²) in [5.74, 6) is 0. The molecule has 0 aliphatic rings. The summed E-state index contributed by atoms with van der Waals surface area (Å²) in [6.07, 6.45) is 3.96. The van der Waals surface area contributed by atoms with E-state index in [2.05, 4.69) is 12.2 Å². The summed E-state index contributed by atoms with van der Waals surface area (Å²) in [4.78, 5) is 9.91. The monoisotopic (exact) mass is 159 g/mol. The predicted molar refractivity (Wildman–Crippen MR) is 44.1 cm³/mol. The molecule has 0 aliphatic carbocycles. The number of amides is 1. The van der Waals surface area contributed by atoms with Crippen LogP contribution < -0.4 is 5.32 Å². The molecule has 1 N–H and O–H groups in total. The average molecular weight is 159 g/mol. The van der Waals surface area contributed by atoms with Gasteiger partial charge in [0.25, 0.3) is 0 Å². The fourth-order valence-electron chi connectivity index (χ4n) is 0.756. The van der Waals surface area contributed by atoms with E-state index < -0.39 is 0 Å². The molecule has 66 valence electrons. The lowest BCUT2D eigenvalue weighted by Gasteiger charge is -2.10. The van der Waals surface area contributed by atoms with Crippen LogP contribution in [0.25, 0.3) is 0 Å². The Morgan fingerprint density at radius 3 is 2.82 bits per heavy atom. The van der Waals surface area contributed by atoms with Crippen LogP contribution in [0.2, 0.25) is 0 Å². The SMILES string of the molecule is CCCCCOC(C)NC=O. The molecule has 0 saturated heterocycles. The van der Waals surface area contributed by atoms with Gasteiger partial charge in [-0.1, -0.05) is 19.8 Å². The molecule has 0 saturated carbocycles. The Labute approximate surface area is 68.1 Å². The van der Waals surface area contributed by atoms with Crippen molar-refractivity contribution in [2.24, 2.45) is 0 Å². The molecular weight excluding hydrogens is 142 g/mol. The molecule has 3 nitrogen and oxygen atoms in total. The fourth-order valence-corrected chi connectivity index (χ4v) is 0.756. The fraction of sp³-hybridized carbons (Fsp3) is 0.875. The minimum absolute atomic E-state index is 0.149. The molecule has 0 heterocycles. The Morgan fingerprint density at radius 2 is 2.27 bits per heavy atom. The van der Waals surface area contributed by atoms with Crippen molar-refractivity contribution in [2.75, 3.05) is 6.61 Å². The number of hydrogen-bond acceptors (Lipinski definition) is 2. The molecule has 0 radical (unpaired) electrons. The molecule has 0 spiro atoms. The standard InChI is InChI=1S/C8H17NO2/c1-3-4-5-6-11-8(2)9-7-10/h7-8H,3-6H2,1-2H3,(H,9,10). The van der Waals surface area contributed by atoms with E-state index in [0.29, 0.717) is 6.41 Å². The Hall–Kier alpha value is -0.570. The van der Waals surface area contributed by atoms with Gasteiger partial charge in [0.05, 0.1) is 0 Å². The van der Waals surface area contributed by atoms with Crippen LogP contribution in [0.15, 0.2) is 0 Å². The van der Waals surface area contributed by atoms with Crippen molar-refractivity contribution >= 4 is 6.41 Å². The summed E-state index contributed by atoms with van der Waals surface area (Å²) >= 11 is 0. The van der Waals surface area contributed by atoms with Crippen LogP contribution in [0.3, 0.4) is 0 Å². The summed E-state index contributed by atoms with van der Waals surface area (Å²) < 4.78 is 5.24. The van der Waals surface area contributed by atoms with Gasteiger partial charge in [0.1, 0.15) is 6.23 Å². The van der Waals surface area contributed by atoms with Crippen molar-refractivity contribution < 1.29 is 9.53 Å². The van der Waals surface area contributed by atoms with Gasteiger partial charge in [0, 0.05) is 6.61 Å². The molecular formula is C8H17NO2. The number of unbranched alkanes of at least 4 members (excludes halogenated alkanes) is 2. The molecule has 0 aliphatic heterocycles. The van der Waals surface area contributed by atoms with Crippen LogP contribution in [0.4, 0.5) is 0 Å². The zero-order chi connectivity index (χ0) is 8.53. The van der Waals surface area contributed by atoms with Crippen LogP contribution in [0.1, 0.15) is 33.1 Å². The van der Waals surface area contributed by atoms with E-state index in [0.717, 1.165) is 13.0 Å². The van der Waals surface area contributed by atoms with E-state index in [1.165, 1.54) is 12.8 Å². The van der Waals surface area contributed by atoms with Crippen molar-refractivity contribution in [1.82, 2.24) is 5.32 Å². The van der Waals surface area contributed by atoms with Gasteiger partial charge in [0.2, 0.25) is 6.41 Å². The minimum atomic E-state index is -0.149. The Bertz CT molecular complexity index is 96.1. The first-order valence-electron chi connectivity index (χ1n) is 4.12. The molecule has 1 amide bonds. The van der Waals surface area contributed by atoms with Gasteiger partial charge >= 0.3 is 0 Å². The normalized spacial score (nSPS) is 12.5. The zero-order valence-electron chi connectivity index (χ0n) is 7.30. The van der Waals surface area contributed by atoms with Crippen LogP contribution in [0, 0.1) is 0 Å². The highest BCUT2D eigenvalue weighted by Gasteiger charge is 1.96. The maximum atomic E-state index is 9.91. The Balaban J connectivity index is 3.03. The highest BCUT2D eigenvalue weighted by Crippen LogP contribution is 1.95. The maximum Gasteiger partial charge on any atom is 0.209 e. The third-order valence-electron chi connectivity index (χ3n) is 1.42. The smallest absolute Gasteiger partial charge is 0.209 e. The number of ether oxygens (including phenoxy) is 1. The lowest BCUT2D eigenvalue weighted by atomic mass is 10.3. The second-order valence-electron chi connectivity index (χ2n) is 2.50. The van der Waals surface area contributed by atoms with E-state index in [1.807, 2.05) is 6.92 Å². The summed E-state index contributed by atoms with van der Waals surface area (Å²) in [7, 11) is 0. The number of carbonyl (C=O) groups excluding carboxylic acids is 1. The second kappa shape index (κ2) is 7.54. The summed E-state index contributed by atoms with van der Waals surface area (Å²) in [5, 5.41) is 2.52. The van der Waals surface area contributed by atoms with Crippen molar-refractivity contribution in [3.8, 4) is 0 Å². The van der Waals surface area contributed by atoms with Crippen LogP contribution in [0.5, 0.6) is 0 Å². The molecule has 0 rings (SSSR count). The van der Waals surface area contributed by atoms with E-state index in [-0.39, 0.29) is 6.23 Å². The predicted octanol–water partition coefficient (Wildman–Crippen LogP) is 1.29. The van der Waals surface area contributed by atoms with E-state index >= 15 is 0 Å². The van der Waals surface area contributed by atoms with Gasteiger partial charge in [0.15, 0.2) is 0 Å². The van der Waals surface area contributed by atoms with Crippen LogP contribution in [-0.2, 0) is 9.53 Å². The number of hydrogen-bond donors (Lipinski definition) is 1. The third-order valence-corrected chi connectivity index (χ3v) is 1.42. The first-order valence-corrected chi connectivity index (χ1v) is 4.12. The molecule has 0 bridgehead atoms. The molecule has 1 unspecified atom stereocenters. The Morgan fingerprint density at radius 1 is 1.55 bits per heavy atom. The highest BCUT2D eigenvalue weighted by molar-refractivity contribution is 5.46. The van der Waals surface area contributed by atoms with Gasteiger partial charge in [-0.3, -0.25) is 4.79 Å². The molecule has 0 aromatic heterocycles. The molecule has 0 aromatic rings. The largest absolute Gasteiger partial charge is 0.359 e. The maximum absolute atomic E-state index is 9.91. The van der Waals surface area contributed by atoms with Crippen molar-refractivity contribution in [2.45, 2.75) is 39.3 Å². The van der Waals surface area contributed by atoms with Gasteiger partial charge < -0.3 is 10.1 Å². The number of carbonyl (C=O) groups is 1. The number of rotatable bonds is 7. The van der Waals surface area contributed by atoms with Crippen molar-refractivity contribution in [3.63, 3.8) is 0 Å². The minimum Gasteiger partial charge on any atom is -0.359 e. The summed E-state index contributed by atoms with van der Waals surface area (Å²) in [5.41, 5.74) is 0. The van der Waals surface area contributed by atoms with Gasteiger partial charge in [-0.15, -0.1) is 0 Å². The van der Waals surface area contributed by atoms with E-state index in [1.54, 1.807) is 0 Å². The third kappa shape index (κ3) is 7.33. The van der Waals surface area contributed by atoms with Crippen LogP contribution in [-0.4, -0.2) is 19.2 Å². The van der Waals surface area contributed by atoms with Crippen molar-refractivity contribution in [3.05, 3.63) is 0 Å². The summed E-state index contributed by atoms with van der Waals surface area (Å²) in [6.45, 7) is 4.70. The molecule has 11 heavy (non-hydrogen) atoms. The van der Waals surface area contributed by atoms with Crippen molar-refractivity contribution in [1.29, 1.82) is 0 Å². The highest BCUT2D eigenvalue weighted by atomic mass is 16.5. The lowest BCUT2D eigenvalue weighted by Crippen LogP contribution is -2.27. The zero-order valence-corrected chi connectivity index (χ0v) is 7.30. The molecule has 1 atom stereocenters. The quantitative estimate of drug-likeness (QED) is 0.345. The lowest BCUT2D eigenvalue weighted by molar-refractivity contribution is -0.113. The first kappa shape index (κ1) is 10.4. The van der Waals surface area contributed by atoms with Gasteiger partial charge in [-0.25, -0.2) is 0 Å². The molecule has 0 fully saturated rings. The van der Waals surface area contributed by atoms with E-state index in [9.17, 15) is 4.79 Å². The van der Waals surface area contributed by atoms with Gasteiger partial charge in [-0.05, 0) is 13.3 Å². The number of nitrogens with one attached hydrogen (secondary N) is 1. The topological polar surface area (TPSA) is 38.3 Å². The van der Waals surface area contributed by atoms with E-state index in [4.69, 9.17) is 4.74 Å². The molecule has 0 aromatic carbocycles. The first-order chi connectivity index (χ1) is 5.31. The van der Waals surface area contributed by atoms with Gasteiger partial charge in [-0.2, -0.15) is 0 Å². The Kier molecular flexibility index (Phi) is 7.15. The average Bonchev–Trinajstić information content (AvgIpc) is 1.99. The second-order valence-corrected chi connectivity index (χ2v) is 2.50.